The highest BCUT2D eigenvalue weighted by atomic mass is 16.6. The van der Waals surface area contributed by atoms with E-state index in [0.717, 1.165) is 41.1 Å². The summed E-state index contributed by atoms with van der Waals surface area (Å²) in [4.78, 5) is 23.1. The molecule has 31 heavy (non-hydrogen) atoms. The SMILES string of the molecule is CCOC(=O)N1CCC(Nc2nc3cccc(C)c3n2Cc2nc(C)ccc2O)CC1. The van der Waals surface area contributed by atoms with E-state index >= 15 is 0 Å². The topological polar surface area (TPSA) is 92.5 Å². The standard InChI is InChI=1S/C23H29N5O3/c1-4-31-23(30)27-12-10-17(11-13-27)25-22-26-18-7-5-6-15(2)21(18)28(22)14-19-20(29)9-8-16(3)24-19/h5-9,17,29H,4,10-14H2,1-3H3,(H,25,26). The first-order valence-electron chi connectivity index (χ1n) is 10.8. The molecule has 0 atom stereocenters. The molecule has 1 amide bonds. The van der Waals surface area contributed by atoms with Crippen LogP contribution in [0.15, 0.2) is 30.3 Å². The number of fused-ring (bicyclic) bond motifs is 1. The Morgan fingerprint density at radius 1 is 1.19 bits per heavy atom. The number of nitrogens with one attached hydrogen (secondary N) is 1. The Morgan fingerprint density at radius 2 is 1.97 bits per heavy atom. The zero-order valence-electron chi connectivity index (χ0n) is 18.3. The third kappa shape index (κ3) is 4.42. The van der Waals surface area contributed by atoms with Crippen molar-refractivity contribution in [2.24, 2.45) is 0 Å². The van der Waals surface area contributed by atoms with Crippen molar-refractivity contribution in [3.63, 3.8) is 0 Å². The monoisotopic (exact) mass is 423 g/mol. The van der Waals surface area contributed by atoms with E-state index in [9.17, 15) is 9.90 Å². The van der Waals surface area contributed by atoms with E-state index in [4.69, 9.17) is 9.72 Å². The van der Waals surface area contributed by atoms with Crippen LogP contribution in [0.1, 0.15) is 36.7 Å². The second-order valence-electron chi connectivity index (χ2n) is 7.99. The van der Waals surface area contributed by atoms with E-state index in [0.29, 0.717) is 31.9 Å². The first-order chi connectivity index (χ1) is 15.0. The van der Waals surface area contributed by atoms with Gasteiger partial charge in [0, 0.05) is 24.8 Å². The summed E-state index contributed by atoms with van der Waals surface area (Å²) in [6.07, 6.45) is 1.38. The molecule has 1 fully saturated rings. The van der Waals surface area contributed by atoms with Crippen molar-refractivity contribution < 1.29 is 14.6 Å². The molecule has 4 rings (SSSR count). The first kappa shape index (κ1) is 21.0. The highest BCUT2D eigenvalue weighted by molar-refractivity contribution is 5.82. The molecule has 164 valence electrons. The average molecular weight is 424 g/mol. The fourth-order valence-corrected chi connectivity index (χ4v) is 4.10. The minimum Gasteiger partial charge on any atom is -0.506 e. The van der Waals surface area contributed by atoms with Crippen LogP contribution in [-0.2, 0) is 11.3 Å². The number of likely N-dealkylation sites (tertiary alicyclic amines) is 1. The molecule has 2 aromatic heterocycles. The van der Waals surface area contributed by atoms with E-state index in [1.807, 2.05) is 26.0 Å². The molecule has 1 aliphatic heterocycles. The largest absolute Gasteiger partial charge is 0.506 e. The molecule has 3 aromatic rings. The number of rotatable bonds is 5. The Kier molecular flexibility index (Phi) is 5.97. The lowest BCUT2D eigenvalue weighted by Crippen LogP contribution is -2.42. The number of aryl methyl sites for hydroxylation is 2. The van der Waals surface area contributed by atoms with Crippen LogP contribution >= 0.6 is 0 Å². The van der Waals surface area contributed by atoms with Gasteiger partial charge in [-0.2, -0.15) is 0 Å². The molecule has 0 aliphatic carbocycles. The molecule has 8 nitrogen and oxygen atoms in total. The molecule has 0 spiro atoms. The molecule has 0 saturated carbocycles. The van der Waals surface area contributed by atoms with Crippen LogP contribution < -0.4 is 5.32 Å². The lowest BCUT2D eigenvalue weighted by atomic mass is 10.1. The molecule has 1 aliphatic rings. The number of aromatic nitrogens is 3. The van der Waals surface area contributed by atoms with Crippen LogP contribution in [-0.4, -0.2) is 56.4 Å². The molecule has 8 heteroatoms. The number of piperidine rings is 1. The van der Waals surface area contributed by atoms with Gasteiger partial charge in [0.15, 0.2) is 0 Å². The summed E-state index contributed by atoms with van der Waals surface area (Å²) in [6.45, 7) is 7.90. The third-order valence-electron chi connectivity index (χ3n) is 5.72. The van der Waals surface area contributed by atoms with Crippen LogP contribution in [0, 0.1) is 13.8 Å². The summed E-state index contributed by atoms with van der Waals surface area (Å²) in [6, 6.07) is 9.73. The molecule has 1 saturated heterocycles. The number of benzene rings is 1. The molecule has 1 aromatic carbocycles. The quantitative estimate of drug-likeness (QED) is 0.648. The van der Waals surface area contributed by atoms with Gasteiger partial charge in [-0.25, -0.2) is 9.78 Å². The number of carbonyl (C=O) groups is 1. The van der Waals surface area contributed by atoms with Gasteiger partial charge in [-0.05, 0) is 57.4 Å². The Balaban J connectivity index is 1.60. The molecule has 0 bridgehead atoms. The fraction of sp³-hybridized carbons (Fsp3) is 0.435. The number of carbonyl (C=O) groups excluding carboxylic acids is 1. The van der Waals surface area contributed by atoms with Gasteiger partial charge in [0.25, 0.3) is 0 Å². The molecule has 2 N–H and O–H groups in total. The summed E-state index contributed by atoms with van der Waals surface area (Å²) in [5.74, 6) is 0.927. The number of ether oxygens (including phenoxy) is 1. The maximum absolute atomic E-state index is 12.0. The number of anilines is 1. The molecular weight excluding hydrogens is 394 g/mol. The second kappa shape index (κ2) is 8.83. The van der Waals surface area contributed by atoms with E-state index in [-0.39, 0.29) is 17.9 Å². The minimum atomic E-state index is -0.246. The Bertz CT molecular complexity index is 1090. The maximum Gasteiger partial charge on any atom is 0.409 e. The van der Waals surface area contributed by atoms with Crippen LogP contribution in [0.25, 0.3) is 11.0 Å². The van der Waals surface area contributed by atoms with Gasteiger partial charge in [0.1, 0.15) is 11.4 Å². The van der Waals surface area contributed by atoms with Gasteiger partial charge in [0.05, 0.1) is 24.2 Å². The highest BCUT2D eigenvalue weighted by Crippen LogP contribution is 2.27. The maximum atomic E-state index is 12.0. The van der Waals surface area contributed by atoms with E-state index in [2.05, 4.69) is 27.9 Å². The summed E-state index contributed by atoms with van der Waals surface area (Å²) < 4.78 is 7.20. The van der Waals surface area contributed by atoms with Crippen LogP contribution in [0.2, 0.25) is 0 Å². The van der Waals surface area contributed by atoms with E-state index in [1.165, 1.54) is 0 Å². The zero-order valence-corrected chi connectivity index (χ0v) is 18.3. The molecule has 3 heterocycles. The van der Waals surface area contributed by atoms with E-state index in [1.54, 1.807) is 17.0 Å². The van der Waals surface area contributed by atoms with Crippen LogP contribution in [0.3, 0.4) is 0 Å². The molecule has 0 unspecified atom stereocenters. The third-order valence-corrected chi connectivity index (χ3v) is 5.72. The van der Waals surface area contributed by atoms with Crippen LogP contribution in [0.4, 0.5) is 10.7 Å². The van der Waals surface area contributed by atoms with Crippen molar-refractivity contribution in [2.45, 2.75) is 46.2 Å². The minimum absolute atomic E-state index is 0.176. The fourth-order valence-electron chi connectivity index (χ4n) is 4.10. The lowest BCUT2D eigenvalue weighted by Gasteiger charge is -2.32. The summed E-state index contributed by atoms with van der Waals surface area (Å²) >= 11 is 0. The number of pyridine rings is 1. The van der Waals surface area contributed by atoms with Gasteiger partial charge in [-0.1, -0.05) is 12.1 Å². The number of imidazole rings is 1. The van der Waals surface area contributed by atoms with Crippen molar-refractivity contribution in [1.29, 1.82) is 0 Å². The zero-order chi connectivity index (χ0) is 22.0. The van der Waals surface area contributed by atoms with Crippen molar-refractivity contribution in [2.75, 3.05) is 25.0 Å². The number of para-hydroxylation sites is 1. The predicted molar refractivity (Wildman–Crippen MR) is 119 cm³/mol. The van der Waals surface area contributed by atoms with Gasteiger partial charge in [-0.3, -0.25) is 4.98 Å². The normalized spacial score (nSPS) is 14.7. The van der Waals surface area contributed by atoms with E-state index < -0.39 is 0 Å². The van der Waals surface area contributed by atoms with Crippen LogP contribution in [0.5, 0.6) is 5.75 Å². The average Bonchev–Trinajstić information content (AvgIpc) is 3.09. The van der Waals surface area contributed by atoms with Crippen molar-refractivity contribution >= 4 is 23.1 Å². The summed E-state index contributed by atoms with van der Waals surface area (Å²) in [7, 11) is 0. The number of hydrogen-bond donors (Lipinski definition) is 2. The molecule has 0 radical (unpaired) electrons. The summed E-state index contributed by atoms with van der Waals surface area (Å²) in [5, 5.41) is 13.9. The first-order valence-corrected chi connectivity index (χ1v) is 10.8. The second-order valence-corrected chi connectivity index (χ2v) is 7.99. The van der Waals surface area contributed by atoms with Crippen molar-refractivity contribution in [1.82, 2.24) is 19.4 Å². The Labute approximate surface area is 181 Å². The van der Waals surface area contributed by atoms with Gasteiger partial charge < -0.3 is 24.6 Å². The number of hydrogen-bond acceptors (Lipinski definition) is 6. The van der Waals surface area contributed by atoms with Crippen molar-refractivity contribution in [3.05, 3.63) is 47.3 Å². The number of amides is 1. The van der Waals surface area contributed by atoms with Crippen molar-refractivity contribution in [3.8, 4) is 5.75 Å². The Morgan fingerprint density at radius 3 is 2.71 bits per heavy atom. The lowest BCUT2D eigenvalue weighted by molar-refractivity contribution is 0.0983. The molecular formula is C23H29N5O3. The number of aromatic hydroxyl groups is 1. The smallest absolute Gasteiger partial charge is 0.409 e. The Hall–Kier alpha value is -3.29. The van der Waals surface area contributed by atoms with Gasteiger partial charge in [0.2, 0.25) is 5.95 Å². The summed E-state index contributed by atoms with van der Waals surface area (Å²) in [5.41, 5.74) is 4.51. The highest BCUT2D eigenvalue weighted by Gasteiger charge is 2.25. The number of nitrogens with zero attached hydrogens (tertiary/aromatic N) is 4. The predicted octanol–water partition coefficient (Wildman–Crippen LogP) is 3.83. The van der Waals surface area contributed by atoms with Gasteiger partial charge >= 0.3 is 6.09 Å². The van der Waals surface area contributed by atoms with Gasteiger partial charge in [-0.15, -0.1) is 0 Å².